The quantitative estimate of drug-likeness (QED) is 0.393. The number of amides is 1. The molecule has 0 saturated carbocycles. The summed E-state index contributed by atoms with van der Waals surface area (Å²) in [5, 5.41) is 12.2. The van der Waals surface area contributed by atoms with E-state index in [1.165, 1.54) is 44.8 Å². The van der Waals surface area contributed by atoms with Gasteiger partial charge in [-0.2, -0.15) is 0 Å². The van der Waals surface area contributed by atoms with Crippen LogP contribution in [0, 0.1) is 0 Å². The SMILES string of the molecule is C=CCOC(=O)NCc1ccc([C@H]2O[C@@H](CN3CCC[C@H]3CN3CCCC3)C[C@@H](c3ccc(CO)cc3)O2)cc1. The van der Waals surface area contributed by atoms with E-state index in [1.807, 2.05) is 36.4 Å². The van der Waals surface area contributed by atoms with Crippen LogP contribution in [0.5, 0.6) is 0 Å². The molecule has 0 unspecified atom stereocenters. The van der Waals surface area contributed by atoms with Crippen LogP contribution in [0.25, 0.3) is 0 Å². The Bertz CT molecular complexity index is 1090. The molecule has 3 aliphatic heterocycles. The lowest BCUT2D eigenvalue weighted by Gasteiger charge is -2.39. The van der Waals surface area contributed by atoms with Gasteiger partial charge in [0.05, 0.1) is 18.8 Å². The second kappa shape index (κ2) is 14.2. The minimum Gasteiger partial charge on any atom is -0.445 e. The first-order valence-corrected chi connectivity index (χ1v) is 14.7. The van der Waals surface area contributed by atoms with Crippen LogP contribution in [0.15, 0.2) is 61.2 Å². The summed E-state index contributed by atoms with van der Waals surface area (Å²) in [5.41, 5.74) is 3.91. The summed E-state index contributed by atoms with van der Waals surface area (Å²) in [5.74, 6) is 0. The lowest BCUT2D eigenvalue weighted by Crippen LogP contribution is -2.45. The summed E-state index contributed by atoms with van der Waals surface area (Å²) in [6.45, 7) is 9.78. The Balaban J connectivity index is 1.26. The summed E-state index contributed by atoms with van der Waals surface area (Å²) >= 11 is 0. The number of carbonyl (C=O) groups is 1. The molecule has 1 amide bonds. The smallest absolute Gasteiger partial charge is 0.407 e. The van der Waals surface area contributed by atoms with Crippen molar-refractivity contribution < 1.29 is 24.1 Å². The molecule has 40 heavy (non-hydrogen) atoms. The number of hydrogen-bond acceptors (Lipinski definition) is 7. The number of nitrogens with zero attached hydrogens (tertiary/aromatic N) is 2. The van der Waals surface area contributed by atoms with Gasteiger partial charge in [0, 0.05) is 37.7 Å². The van der Waals surface area contributed by atoms with E-state index >= 15 is 0 Å². The van der Waals surface area contributed by atoms with Gasteiger partial charge < -0.3 is 29.5 Å². The van der Waals surface area contributed by atoms with Crippen LogP contribution in [-0.2, 0) is 27.4 Å². The molecule has 2 aromatic carbocycles. The van der Waals surface area contributed by atoms with Crippen LogP contribution in [0.1, 0.15) is 66.8 Å². The fourth-order valence-corrected chi connectivity index (χ4v) is 6.05. The molecule has 3 aliphatic rings. The normalized spacial score (nSPS) is 25.6. The van der Waals surface area contributed by atoms with Crippen molar-refractivity contribution in [3.05, 3.63) is 83.4 Å². The van der Waals surface area contributed by atoms with Gasteiger partial charge >= 0.3 is 6.09 Å². The molecule has 0 aliphatic carbocycles. The number of ether oxygens (including phenoxy) is 3. The number of hydrogen-bond donors (Lipinski definition) is 2. The number of aliphatic hydroxyl groups excluding tert-OH is 1. The average molecular weight is 550 g/mol. The number of aliphatic hydroxyl groups is 1. The Kier molecular flexibility index (Phi) is 10.2. The molecule has 8 heteroatoms. The van der Waals surface area contributed by atoms with E-state index in [2.05, 4.69) is 33.8 Å². The van der Waals surface area contributed by atoms with Crippen LogP contribution in [0.3, 0.4) is 0 Å². The zero-order valence-electron chi connectivity index (χ0n) is 23.4. The van der Waals surface area contributed by atoms with Crippen LogP contribution in [0.2, 0.25) is 0 Å². The highest BCUT2D eigenvalue weighted by Crippen LogP contribution is 2.39. The summed E-state index contributed by atoms with van der Waals surface area (Å²) in [4.78, 5) is 17.0. The Morgan fingerprint density at radius 3 is 2.42 bits per heavy atom. The summed E-state index contributed by atoms with van der Waals surface area (Å²) in [6, 6.07) is 16.6. The first-order chi connectivity index (χ1) is 19.6. The maximum Gasteiger partial charge on any atom is 0.407 e. The molecule has 5 rings (SSSR count). The number of nitrogens with one attached hydrogen (secondary N) is 1. The predicted octanol–water partition coefficient (Wildman–Crippen LogP) is 4.70. The molecule has 8 nitrogen and oxygen atoms in total. The van der Waals surface area contributed by atoms with Gasteiger partial charge in [-0.3, -0.25) is 4.90 Å². The van der Waals surface area contributed by atoms with E-state index in [9.17, 15) is 9.90 Å². The van der Waals surface area contributed by atoms with Gasteiger partial charge in [0.1, 0.15) is 6.61 Å². The Morgan fingerprint density at radius 2 is 1.70 bits per heavy atom. The third kappa shape index (κ3) is 7.71. The van der Waals surface area contributed by atoms with Gasteiger partial charge in [-0.05, 0) is 62.0 Å². The molecular weight excluding hydrogens is 506 g/mol. The summed E-state index contributed by atoms with van der Waals surface area (Å²) < 4.78 is 18.1. The monoisotopic (exact) mass is 549 g/mol. The molecule has 3 heterocycles. The van der Waals surface area contributed by atoms with Gasteiger partial charge in [-0.15, -0.1) is 0 Å². The minimum atomic E-state index is -0.486. The summed E-state index contributed by atoms with van der Waals surface area (Å²) in [7, 11) is 0. The Morgan fingerprint density at radius 1 is 0.975 bits per heavy atom. The molecule has 3 saturated heterocycles. The van der Waals surface area contributed by atoms with Crippen molar-refractivity contribution in [2.45, 2.75) is 69.8 Å². The number of carbonyl (C=O) groups excluding carboxylic acids is 1. The van der Waals surface area contributed by atoms with Crippen molar-refractivity contribution in [1.29, 1.82) is 0 Å². The lowest BCUT2D eigenvalue weighted by atomic mass is 9.99. The van der Waals surface area contributed by atoms with Crippen LogP contribution in [-0.4, -0.2) is 72.5 Å². The third-order valence-corrected chi connectivity index (χ3v) is 8.24. The Hall–Kier alpha value is -2.75. The molecule has 3 fully saturated rings. The zero-order chi connectivity index (χ0) is 27.7. The molecule has 2 aromatic rings. The largest absolute Gasteiger partial charge is 0.445 e. The second-order valence-corrected chi connectivity index (χ2v) is 11.1. The van der Waals surface area contributed by atoms with E-state index in [4.69, 9.17) is 14.2 Å². The number of likely N-dealkylation sites (tertiary alicyclic amines) is 2. The number of benzene rings is 2. The van der Waals surface area contributed by atoms with Crippen molar-refractivity contribution >= 4 is 6.09 Å². The first-order valence-electron chi connectivity index (χ1n) is 14.7. The van der Waals surface area contributed by atoms with E-state index in [0.29, 0.717) is 12.6 Å². The number of alkyl carbamates (subject to hydrolysis) is 1. The van der Waals surface area contributed by atoms with Gasteiger partial charge in [0.15, 0.2) is 6.29 Å². The van der Waals surface area contributed by atoms with Crippen molar-refractivity contribution in [2.24, 2.45) is 0 Å². The molecule has 2 N–H and O–H groups in total. The maximum atomic E-state index is 11.8. The highest BCUT2D eigenvalue weighted by atomic mass is 16.7. The topological polar surface area (TPSA) is 83.5 Å². The average Bonchev–Trinajstić information content (AvgIpc) is 3.67. The van der Waals surface area contributed by atoms with Gasteiger partial charge in [-0.25, -0.2) is 4.79 Å². The maximum absolute atomic E-state index is 11.8. The molecular formula is C32H43N3O5. The first kappa shape index (κ1) is 28.8. The molecule has 216 valence electrons. The molecule has 0 aromatic heterocycles. The van der Waals surface area contributed by atoms with E-state index in [-0.39, 0.29) is 25.4 Å². The zero-order valence-corrected chi connectivity index (χ0v) is 23.4. The second-order valence-electron chi connectivity index (χ2n) is 11.1. The van der Waals surface area contributed by atoms with Crippen molar-refractivity contribution in [3.63, 3.8) is 0 Å². The molecule has 0 spiro atoms. The minimum absolute atomic E-state index is 0.0285. The predicted molar refractivity (Wildman–Crippen MR) is 154 cm³/mol. The van der Waals surface area contributed by atoms with E-state index in [0.717, 1.165) is 48.3 Å². The molecule has 0 radical (unpaired) electrons. The van der Waals surface area contributed by atoms with Crippen LogP contribution in [0.4, 0.5) is 4.79 Å². The fraction of sp³-hybridized carbons (Fsp3) is 0.531. The molecule has 0 bridgehead atoms. The third-order valence-electron chi connectivity index (χ3n) is 8.24. The highest BCUT2D eigenvalue weighted by Gasteiger charge is 2.36. The Labute approximate surface area is 237 Å². The molecule has 4 atom stereocenters. The standard InChI is InChI=1S/C32H43N3O5/c1-2-18-38-32(37)33-20-24-7-13-27(14-8-24)31-39-29(19-30(40-31)26-11-9-25(23-36)10-12-26)22-35-17-5-6-28(35)21-34-15-3-4-16-34/h2,7-14,28-31,36H,1,3-6,15-23H2,(H,33,37)/t28-,29+,30-,31-/m0/s1. The van der Waals surface area contributed by atoms with E-state index < -0.39 is 12.4 Å². The van der Waals surface area contributed by atoms with Crippen molar-refractivity contribution in [1.82, 2.24) is 15.1 Å². The van der Waals surface area contributed by atoms with Crippen molar-refractivity contribution in [3.8, 4) is 0 Å². The highest BCUT2D eigenvalue weighted by molar-refractivity contribution is 5.67. The van der Waals surface area contributed by atoms with Crippen LogP contribution < -0.4 is 5.32 Å². The van der Waals surface area contributed by atoms with E-state index in [1.54, 1.807) is 0 Å². The van der Waals surface area contributed by atoms with Gasteiger partial charge in [-0.1, -0.05) is 61.2 Å². The van der Waals surface area contributed by atoms with Gasteiger partial charge in [0.25, 0.3) is 0 Å². The van der Waals surface area contributed by atoms with Crippen molar-refractivity contribution in [2.75, 3.05) is 39.3 Å². The lowest BCUT2D eigenvalue weighted by molar-refractivity contribution is -0.253. The van der Waals surface area contributed by atoms with Gasteiger partial charge in [0.2, 0.25) is 0 Å². The van der Waals surface area contributed by atoms with Crippen LogP contribution >= 0.6 is 0 Å². The summed E-state index contributed by atoms with van der Waals surface area (Å²) in [6.07, 6.45) is 6.46. The fourth-order valence-electron chi connectivity index (χ4n) is 6.05. The number of rotatable bonds is 11.